The molecule has 0 radical (unpaired) electrons. The van der Waals surface area contributed by atoms with Gasteiger partial charge in [0.15, 0.2) is 0 Å². The maximum Gasteiger partial charge on any atom is 0.243 e. The summed E-state index contributed by atoms with van der Waals surface area (Å²) in [6, 6.07) is 1.78. The van der Waals surface area contributed by atoms with Crippen molar-refractivity contribution in [2.45, 2.75) is 30.0 Å². The largest absolute Gasteiger partial charge is 0.315 e. The lowest BCUT2D eigenvalue weighted by molar-refractivity contribution is 0.387. The molecule has 0 atom stereocenters. The van der Waals surface area contributed by atoms with Crippen LogP contribution in [-0.2, 0) is 16.6 Å². The average molecular weight is 321 g/mol. The minimum absolute atomic E-state index is 0.00482. The zero-order valence-corrected chi connectivity index (χ0v) is 13.9. The number of hydrogen-bond acceptors (Lipinski definition) is 5. The molecule has 1 aliphatic heterocycles. The first-order chi connectivity index (χ1) is 8.85. The number of nitrogens with zero attached hydrogens (tertiary/aromatic N) is 1. The van der Waals surface area contributed by atoms with Gasteiger partial charge in [0.05, 0.1) is 4.90 Å². The van der Waals surface area contributed by atoms with E-state index in [2.05, 4.69) is 19.2 Å². The van der Waals surface area contributed by atoms with Crippen LogP contribution in [0.4, 0.5) is 0 Å². The first-order valence-electron chi connectivity index (χ1n) is 6.21. The fraction of sp³-hybridized carbons (Fsp3) is 0.667. The Balaban J connectivity index is 2.21. The quantitative estimate of drug-likeness (QED) is 0.922. The summed E-state index contributed by atoms with van der Waals surface area (Å²) in [5, 5.41) is 4.79. The SMILES string of the molecule is CNCc1cc(S(=O)(=O)N2CCSC(C)(C)C2)cs1. The summed E-state index contributed by atoms with van der Waals surface area (Å²) < 4.78 is 26.8. The number of rotatable bonds is 4. The molecular weight excluding hydrogens is 300 g/mol. The molecule has 0 aromatic carbocycles. The van der Waals surface area contributed by atoms with Crippen LogP contribution in [-0.4, -0.2) is 43.4 Å². The lowest BCUT2D eigenvalue weighted by Crippen LogP contribution is -2.45. The lowest BCUT2D eigenvalue weighted by atomic mass is 10.2. The van der Waals surface area contributed by atoms with E-state index in [0.717, 1.165) is 10.6 Å². The molecule has 108 valence electrons. The van der Waals surface area contributed by atoms with Gasteiger partial charge in [0.1, 0.15) is 0 Å². The zero-order valence-electron chi connectivity index (χ0n) is 11.5. The smallest absolute Gasteiger partial charge is 0.243 e. The van der Waals surface area contributed by atoms with Crippen molar-refractivity contribution in [3.05, 3.63) is 16.3 Å². The molecule has 1 aliphatic rings. The Morgan fingerprint density at radius 2 is 2.21 bits per heavy atom. The van der Waals surface area contributed by atoms with Crippen LogP contribution in [0.1, 0.15) is 18.7 Å². The molecule has 0 unspecified atom stereocenters. The minimum Gasteiger partial charge on any atom is -0.315 e. The molecule has 7 heteroatoms. The van der Waals surface area contributed by atoms with E-state index in [1.807, 2.05) is 18.8 Å². The highest BCUT2D eigenvalue weighted by molar-refractivity contribution is 8.00. The highest BCUT2D eigenvalue weighted by atomic mass is 32.2. The van der Waals surface area contributed by atoms with Crippen molar-refractivity contribution in [1.82, 2.24) is 9.62 Å². The molecule has 1 aromatic rings. The molecule has 2 heterocycles. The molecule has 0 amide bonds. The Morgan fingerprint density at radius 3 is 2.84 bits per heavy atom. The van der Waals surface area contributed by atoms with Crippen LogP contribution in [0.2, 0.25) is 0 Å². The van der Waals surface area contributed by atoms with Crippen LogP contribution >= 0.6 is 23.1 Å². The Labute approximate surface area is 123 Å². The molecule has 1 saturated heterocycles. The monoisotopic (exact) mass is 320 g/mol. The second-order valence-corrected chi connectivity index (χ2v) is 9.96. The highest BCUT2D eigenvalue weighted by Gasteiger charge is 2.34. The highest BCUT2D eigenvalue weighted by Crippen LogP contribution is 2.33. The van der Waals surface area contributed by atoms with Crippen LogP contribution in [0.5, 0.6) is 0 Å². The molecule has 2 rings (SSSR count). The van der Waals surface area contributed by atoms with Gasteiger partial charge in [-0.15, -0.1) is 11.3 Å². The van der Waals surface area contributed by atoms with Gasteiger partial charge in [-0.1, -0.05) is 0 Å². The molecule has 19 heavy (non-hydrogen) atoms. The molecular formula is C12H20N2O2S3. The van der Waals surface area contributed by atoms with Crippen LogP contribution in [0.15, 0.2) is 16.3 Å². The van der Waals surface area contributed by atoms with Crippen molar-refractivity contribution in [1.29, 1.82) is 0 Å². The summed E-state index contributed by atoms with van der Waals surface area (Å²) in [5.74, 6) is 0.861. The lowest BCUT2D eigenvalue weighted by Gasteiger charge is -2.36. The van der Waals surface area contributed by atoms with Crippen molar-refractivity contribution in [3.63, 3.8) is 0 Å². The normalized spacial score (nSPS) is 20.6. The van der Waals surface area contributed by atoms with E-state index in [1.54, 1.807) is 15.8 Å². The second-order valence-electron chi connectivity index (χ2n) is 5.23. The first-order valence-corrected chi connectivity index (χ1v) is 9.52. The molecule has 1 aromatic heterocycles. The third kappa shape index (κ3) is 3.52. The van der Waals surface area contributed by atoms with E-state index in [4.69, 9.17) is 0 Å². The summed E-state index contributed by atoms with van der Waals surface area (Å²) in [6.45, 7) is 6.09. The van der Waals surface area contributed by atoms with E-state index in [0.29, 0.717) is 24.5 Å². The molecule has 1 N–H and O–H groups in total. The maximum absolute atomic E-state index is 12.6. The summed E-state index contributed by atoms with van der Waals surface area (Å²) in [7, 11) is -1.47. The molecule has 1 fully saturated rings. The predicted octanol–water partition coefficient (Wildman–Crippen LogP) is 1.98. The average Bonchev–Trinajstić information content (AvgIpc) is 2.77. The van der Waals surface area contributed by atoms with E-state index >= 15 is 0 Å². The van der Waals surface area contributed by atoms with E-state index < -0.39 is 10.0 Å². The van der Waals surface area contributed by atoms with E-state index in [1.165, 1.54) is 11.3 Å². The van der Waals surface area contributed by atoms with Crippen LogP contribution in [0, 0.1) is 0 Å². The van der Waals surface area contributed by atoms with Gasteiger partial charge < -0.3 is 5.32 Å². The van der Waals surface area contributed by atoms with Gasteiger partial charge in [-0.2, -0.15) is 16.1 Å². The summed E-state index contributed by atoms with van der Waals surface area (Å²) in [6.07, 6.45) is 0. The molecule has 4 nitrogen and oxygen atoms in total. The number of nitrogens with one attached hydrogen (secondary N) is 1. The standard InChI is InChI=1S/C12H20N2O2S3/c1-12(2)9-14(4-5-18-12)19(15,16)11-6-10(7-13-3)17-8-11/h6,8,13H,4-5,7,9H2,1-3H3. The Bertz CT molecular complexity index is 537. The van der Waals surface area contributed by atoms with Crippen molar-refractivity contribution < 1.29 is 8.42 Å². The zero-order chi connectivity index (χ0) is 14.1. The van der Waals surface area contributed by atoms with Gasteiger partial charge in [-0.05, 0) is 27.0 Å². The van der Waals surface area contributed by atoms with E-state index in [9.17, 15) is 8.42 Å². The predicted molar refractivity (Wildman–Crippen MR) is 82.4 cm³/mol. The number of thiophene rings is 1. The summed E-state index contributed by atoms with van der Waals surface area (Å²) in [4.78, 5) is 1.48. The topological polar surface area (TPSA) is 49.4 Å². The van der Waals surface area contributed by atoms with Gasteiger partial charge in [0.2, 0.25) is 10.0 Å². The van der Waals surface area contributed by atoms with Gasteiger partial charge in [0, 0.05) is 40.4 Å². The van der Waals surface area contributed by atoms with Gasteiger partial charge >= 0.3 is 0 Å². The van der Waals surface area contributed by atoms with Gasteiger partial charge in [0.25, 0.3) is 0 Å². The third-order valence-corrected chi connectivity index (χ3v) is 7.22. The Hall–Kier alpha value is -0.0800. The van der Waals surface area contributed by atoms with Crippen molar-refractivity contribution in [3.8, 4) is 0 Å². The number of thioether (sulfide) groups is 1. The molecule has 0 aliphatic carbocycles. The molecule has 0 spiro atoms. The van der Waals surface area contributed by atoms with Gasteiger partial charge in [-0.25, -0.2) is 8.42 Å². The fourth-order valence-corrected chi connectivity index (χ4v) is 6.28. The van der Waals surface area contributed by atoms with Crippen molar-refractivity contribution in [2.75, 3.05) is 25.9 Å². The second kappa shape index (κ2) is 5.73. The van der Waals surface area contributed by atoms with Crippen LogP contribution in [0.25, 0.3) is 0 Å². The Kier molecular flexibility index (Phi) is 4.62. The van der Waals surface area contributed by atoms with Gasteiger partial charge in [-0.3, -0.25) is 0 Å². The molecule has 0 saturated carbocycles. The third-order valence-electron chi connectivity index (χ3n) is 3.01. The van der Waals surface area contributed by atoms with E-state index in [-0.39, 0.29) is 4.75 Å². The fourth-order valence-electron chi connectivity index (χ4n) is 2.09. The Morgan fingerprint density at radius 1 is 1.47 bits per heavy atom. The van der Waals surface area contributed by atoms with Crippen molar-refractivity contribution in [2.24, 2.45) is 0 Å². The minimum atomic E-state index is -3.33. The van der Waals surface area contributed by atoms with Crippen LogP contribution in [0.3, 0.4) is 0 Å². The number of hydrogen-bond donors (Lipinski definition) is 1. The van der Waals surface area contributed by atoms with Crippen molar-refractivity contribution >= 4 is 33.1 Å². The molecule has 0 bridgehead atoms. The number of sulfonamides is 1. The first kappa shape index (κ1) is 15.3. The van der Waals surface area contributed by atoms with Crippen LogP contribution < -0.4 is 5.32 Å². The summed E-state index contributed by atoms with van der Waals surface area (Å²) in [5.41, 5.74) is 0. The summed E-state index contributed by atoms with van der Waals surface area (Å²) >= 11 is 3.33. The maximum atomic E-state index is 12.6.